The van der Waals surface area contributed by atoms with Gasteiger partial charge in [0.2, 0.25) is 0 Å². The summed E-state index contributed by atoms with van der Waals surface area (Å²) in [5, 5.41) is 16.4. The molecule has 0 aliphatic heterocycles. The lowest BCUT2D eigenvalue weighted by Gasteiger charge is -2.06. The van der Waals surface area contributed by atoms with Gasteiger partial charge in [-0.25, -0.2) is 0 Å². The third kappa shape index (κ3) is 3.30. The van der Waals surface area contributed by atoms with Gasteiger partial charge in [0, 0.05) is 24.5 Å². The second-order valence-electron chi connectivity index (χ2n) is 4.13. The molecule has 1 amide bonds. The van der Waals surface area contributed by atoms with Gasteiger partial charge in [0.05, 0.1) is 31.5 Å². The molecule has 2 rings (SSSR count). The van der Waals surface area contributed by atoms with E-state index in [0.29, 0.717) is 18.7 Å². The Labute approximate surface area is 111 Å². The van der Waals surface area contributed by atoms with Crippen LogP contribution in [0.5, 0.6) is 0 Å². The summed E-state index contributed by atoms with van der Waals surface area (Å²) in [5.74, 6) is -0.143. The molecule has 0 saturated carbocycles. The number of hydrogen-bond donors (Lipinski definition) is 2. The molecule has 0 spiro atoms. The highest BCUT2D eigenvalue weighted by Crippen LogP contribution is 2.14. The molecule has 0 aliphatic carbocycles. The summed E-state index contributed by atoms with van der Waals surface area (Å²) < 4.78 is 6.80. The molecule has 0 saturated heterocycles. The quantitative estimate of drug-likeness (QED) is 0.736. The maximum Gasteiger partial charge on any atom is 0.251 e. The molecule has 0 fully saturated rings. The minimum atomic E-state index is -0.143. The zero-order valence-corrected chi connectivity index (χ0v) is 10.8. The zero-order chi connectivity index (χ0) is 13.7. The third-order valence-corrected chi connectivity index (χ3v) is 2.78. The Morgan fingerprint density at radius 1 is 1.47 bits per heavy atom. The first-order chi connectivity index (χ1) is 9.22. The smallest absolute Gasteiger partial charge is 0.251 e. The van der Waals surface area contributed by atoms with Crippen molar-refractivity contribution in [2.24, 2.45) is 7.05 Å². The average molecular weight is 263 g/mol. The monoisotopic (exact) mass is 263 g/mol. The van der Waals surface area contributed by atoms with Gasteiger partial charge in [0.1, 0.15) is 0 Å². The van der Waals surface area contributed by atoms with Crippen molar-refractivity contribution in [1.82, 2.24) is 15.1 Å². The number of aryl methyl sites for hydroxylation is 1. The van der Waals surface area contributed by atoms with Crippen LogP contribution in [0.4, 0.5) is 0 Å². The third-order valence-electron chi connectivity index (χ3n) is 2.78. The molecular weight excluding hydrogens is 246 g/mol. The van der Waals surface area contributed by atoms with Gasteiger partial charge in [-0.3, -0.25) is 9.48 Å². The summed E-state index contributed by atoms with van der Waals surface area (Å²) in [5.41, 5.74) is 1.52. The van der Waals surface area contributed by atoms with Gasteiger partial charge in [0.25, 0.3) is 5.91 Å². The number of fused-ring (bicyclic) bond motifs is 1. The number of aromatic nitrogens is 2. The van der Waals surface area contributed by atoms with Crippen molar-refractivity contribution >= 4 is 16.8 Å². The molecule has 0 bridgehead atoms. The van der Waals surface area contributed by atoms with Crippen LogP contribution in [-0.2, 0) is 11.8 Å². The van der Waals surface area contributed by atoms with Gasteiger partial charge in [0.15, 0.2) is 0 Å². The lowest BCUT2D eigenvalue weighted by molar-refractivity contribution is 0.0838. The van der Waals surface area contributed by atoms with E-state index in [1.54, 1.807) is 16.9 Å². The summed E-state index contributed by atoms with van der Waals surface area (Å²) in [4.78, 5) is 11.9. The second kappa shape index (κ2) is 6.31. The highest BCUT2D eigenvalue weighted by Gasteiger charge is 2.07. The Kier molecular flexibility index (Phi) is 4.48. The van der Waals surface area contributed by atoms with Gasteiger partial charge in [-0.15, -0.1) is 0 Å². The van der Waals surface area contributed by atoms with E-state index in [1.165, 1.54) is 0 Å². The lowest BCUT2D eigenvalue weighted by atomic mass is 10.1. The van der Waals surface area contributed by atoms with Crippen molar-refractivity contribution in [3.63, 3.8) is 0 Å². The van der Waals surface area contributed by atoms with Crippen molar-refractivity contribution in [2.45, 2.75) is 0 Å². The van der Waals surface area contributed by atoms with Crippen molar-refractivity contribution < 1.29 is 14.6 Å². The first kappa shape index (κ1) is 13.5. The van der Waals surface area contributed by atoms with Crippen molar-refractivity contribution in [1.29, 1.82) is 0 Å². The van der Waals surface area contributed by atoms with Crippen molar-refractivity contribution in [3.05, 3.63) is 30.0 Å². The maximum absolute atomic E-state index is 11.9. The maximum atomic E-state index is 11.9. The number of nitrogens with zero attached hydrogens (tertiary/aromatic N) is 2. The first-order valence-electron chi connectivity index (χ1n) is 6.11. The van der Waals surface area contributed by atoms with Crippen molar-refractivity contribution in [2.75, 3.05) is 26.4 Å². The lowest BCUT2D eigenvalue weighted by Crippen LogP contribution is -2.27. The SMILES string of the molecule is Cn1ncc2ccc(C(=O)NCCOCCO)cc21. The summed E-state index contributed by atoms with van der Waals surface area (Å²) in [6.45, 7) is 1.09. The van der Waals surface area contributed by atoms with Crippen LogP contribution in [0.25, 0.3) is 10.9 Å². The molecule has 0 unspecified atom stereocenters. The predicted molar refractivity (Wildman–Crippen MR) is 71.0 cm³/mol. The summed E-state index contributed by atoms with van der Waals surface area (Å²) >= 11 is 0. The van der Waals surface area contributed by atoms with Gasteiger partial charge in [-0.1, -0.05) is 6.07 Å². The summed E-state index contributed by atoms with van der Waals surface area (Å²) in [7, 11) is 1.84. The minimum Gasteiger partial charge on any atom is -0.394 e. The van der Waals surface area contributed by atoms with E-state index in [2.05, 4.69) is 10.4 Å². The van der Waals surface area contributed by atoms with E-state index >= 15 is 0 Å². The topological polar surface area (TPSA) is 76.4 Å². The van der Waals surface area contributed by atoms with Crippen LogP contribution < -0.4 is 5.32 Å². The number of benzene rings is 1. The van der Waals surface area contributed by atoms with Crippen LogP contribution in [0.2, 0.25) is 0 Å². The Morgan fingerprint density at radius 3 is 3.11 bits per heavy atom. The number of ether oxygens (including phenoxy) is 1. The molecule has 1 aromatic carbocycles. The number of aliphatic hydroxyl groups excluding tert-OH is 1. The Hall–Kier alpha value is -1.92. The molecule has 1 aromatic heterocycles. The van der Waals surface area contributed by atoms with Gasteiger partial charge in [-0.2, -0.15) is 5.10 Å². The molecule has 0 aliphatic rings. The van der Waals surface area contributed by atoms with Crippen LogP contribution >= 0.6 is 0 Å². The van der Waals surface area contributed by atoms with Gasteiger partial charge >= 0.3 is 0 Å². The predicted octanol–water partition coefficient (Wildman–Crippen LogP) is 0.312. The molecule has 1 heterocycles. The van der Waals surface area contributed by atoms with Crippen LogP contribution in [0, 0.1) is 0 Å². The zero-order valence-electron chi connectivity index (χ0n) is 10.8. The number of rotatable bonds is 6. The van der Waals surface area contributed by atoms with Crippen molar-refractivity contribution in [3.8, 4) is 0 Å². The number of hydrogen-bond acceptors (Lipinski definition) is 4. The Morgan fingerprint density at radius 2 is 2.32 bits per heavy atom. The van der Waals surface area contributed by atoms with Crippen LogP contribution in [-0.4, -0.2) is 47.2 Å². The van der Waals surface area contributed by atoms with E-state index < -0.39 is 0 Å². The first-order valence-corrected chi connectivity index (χ1v) is 6.11. The molecule has 6 nitrogen and oxygen atoms in total. The minimum absolute atomic E-state index is 0.00883. The fourth-order valence-electron chi connectivity index (χ4n) is 1.79. The van der Waals surface area contributed by atoms with E-state index in [-0.39, 0.29) is 19.1 Å². The second-order valence-corrected chi connectivity index (χ2v) is 4.13. The molecule has 0 radical (unpaired) electrons. The van der Waals surface area contributed by atoms with E-state index in [9.17, 15) is 4.79 Å². The number of nitrogens with one attached hydrogen (secondary N) is 1. The highest BCUT2D eigenvalue weighted by molar-refractivity contribution is 5.97. The number of aliphatic hydroxyl groups is 1. The van der Waals surface area contributed by atoms with E-state index in [0.717, 1.165) is 10.9 Å². The molecular formula is C13H17N3O3. The molecule has 19 heavy (non-hydrogen) atoms. The van der Waals surface area contributed by atoms with Gasteiger partial charge in [-0.05, 0) is 12.1 Å². The van der Waals surface area contributed by atoms with Crippen LogP contribution in [0.15, 0.2) is 24.4 Å². The molecule has 102 valence electrons. The van der Waals surface area contributed by atoms with E-state index in [4.69, 9.17) is 9.84 Å². The fraction of sp³-hybridized carbons (Fsp3) is 0.385. The van der Waals surface area contributed by atoms with Gasteiger partial charge < -0.3 is 15.2 Å². The average Bonchev–Trinajstić information content (AvgIpc) is 2.79. The number of amides is 1. The summed E-state index contributed by atoms with van der Waals surface area (Å²) in [6, 6.07) is 5.46. The molecule has 6 heteroatoms. The number of carbonyl (C=O) groups excluding carboxylic acids is 1. The largest absolute Gasteiger partial charge is 0.394 e. The number of carbonyl (C=O) groups is 1. The van der Waals surface area contributed by atoms with Crippen LogP contribution in [0.3, 0.4) is 0 Å². The van der Waals surface area contributed by atoms with E-state index in [1.807, 2.05) is 19.2 Å². The highest BCUT2D eigenvalue weighted by atomic mass is 16.5. The Bertz CT molecular complexity index is 565. The summed E-state index contributed by atoms with van der Waals surface area (Å²) in [6.07, 6.45) is 1.76. The standard InChI is InChI=1S/C13H17N3O3/c1-16-12-8-10(2-3-11(12)9-15-16)13(18)14-4-6-19-7-5-17/h2-3,8-9,17H,4-7H2,1H3,(H,14,18). The normalized spacial score (nSPS) is 10.8. The molecule has 2 aromatic rings. The molecule has 2 N–H and O–H groups in total. The molecule has 0 atom stereocenters. The van der Waals surface area contributed by atoms with Crippen LogP contribution in [0.1, 0.15) is 10.4 Å². The Balaban J connectivity index is 1.95. The fourth-order valence-corrected chi connectivity index (χ4v) is 1.79.